The van der Waals surface area contributed by atoms with E-state index in [-0.39, 0.29) is 0 Å². The van der Waals surface area contributed by atoms with Crippen molar-refractivity contribution in [2.45, 2.75) is 38.6 Å². The smallest absolute Gasteiger partial charge is 0.0373 e. The molecule has 1 aromatic heterocycles. The van der Waals surface area contributed by atoms with Gasteiger partial charge in [-0.3, -0.25) is 4.98 Å². The van der Waals surface area contributed by atoms with Gasteiger partial charge < -0.3 is 5.32 Å². The maximum atomic E-state index is 4.31. The number of nitrogens with zero attached hydrogens (tertiary/aromatic N) is 1. The number of nitrogens with one attached hydrogen (secondary N) is 1. The molecule has 0 radical (unpaired) electrons. The molecule has 0 saturated carbocycles. The number of rotatable bonds is 4. The lowest BCUT2D eigenvalue weighted by Crippen LogP contribution is -2.19. The van der Waals surface area contributed by atoms with E-state index in [9.17, 15) is 0 Å². The summed E-state index contributed by atoms with van der Waals surface area (Å²) < 4.78 is 0. The third-order valence-electron chi connectivity index (χ3n) is 4.25. The SMILES string of the molecule is CNC(Cc1ccc2c(c1)CCC2)c1cncc(C)c1. The van der Waals surface area contributed by atoms with Crippen molar-refractivity contribution in [1.82, 2.24) is 10.3 Å². The minimum atomic E-state index is 0.335. The van der Waals surface area contributed by atoms with Crippen molar-refractivity contribution in [1.29, 1.82) is 0 Å². The molecular formula is C18H22N2. The van der Waals surface area contributed by atoms with Gasteiger partial charge >= 0.3 is 0 Å². The number of likely N-dealkylation sites (N-methyl/N-ethyl adjacent to an activating group) is 1. The van der Waals surface area contributed by atoms with Gasteiger partial charge in [-0.25, -0.2) is 0 Å². The van der Waals surface area contributed by atoms with Crippen molar-refractivity contribution < 1.29 is 0 Å². The Bertz CT molecular complexity index is 604. The van der Waals surface area contributed by atoms with Crippen LogP contribution in [-0.2, 0) is 19.3 Å². The molecule has 2 heteroatoms. The quantitative estimate of drug-likeness (QED) is 0.917. The summed E-state index contributed by atoms with van der Waals surface area (Å²) in [7, 11) is 2.03. The van der Waals surface area contributed by atoms with Gasteiger partial charge in [0.25, 0.3) is 0 Å². The molecule has 1 aliphatic carbocycles. The number of hydrogen-bond acceptors (Lipinski definition) is 2. The van der Waals surface area contributed by atoms with Crippen LogP contribution in [0.25, 0.3) is 0 Å². The Hall–Kier alpha value is -1.67. The molecule has 0 bridgehead atoms. The van der Waals surface area contributed by atoms with Crippen LogP contribution in [0.15, 0.2) is 36.7 Å². The Kier molecular flexibility index (Phi) is 3.83. The van der Waals surface area contributed by atoms with E-state index < -0.39 is 0 Å². The number of aryl methyl sites for hydroxylation is 3. The van der Waals surface area contributed by atoms with Crippen molar-refractivity contribution in [2.24, 2.45) is 0 Å². The fraction of sp³-hybridized carbons (Fsp3) is 0.389. The Labute approximate surface area is 121 Å². The second-order valence-electron chi connectivity index (χ2n) is 5.80. The zero-order valence-electron chi connectivity index (χ0n) is 12.3. The minimum Gasteiger partial charge on any atom is -0.313 e. The molecule has 2 nitrogen and oxygen atoms in total. The molecule has 0 aliphatic heterocycles. The highest BCUT2D eigenvalue weighted by Gasteiger charge is 2.14. The molecule has 0 amide bonds. The van der Waals surface area contributed by atoms with E-state index in [1.807, 2.05) is 19.4 Å². The lowest BCUT2D eigenvalue weighted by atomic mass is 9.97. The molecule has 1 aliphatic rings. The van der Waals surface area contributed by atoms with Gasteiger partial charge in [0.15, 0.2) is 0 Å². The molecule has 1 atom stereocenters. The largest absolute Gasteiger partial charge is 0.313 e. The first-order chi connectivity index (χ1) is 9.76. The normalized spacial score (nSPS) is 15.1. The summed E-state index contributed by atoms with van der Waals surface area (Å²) in [6.45, 7) is 2.10. The Balaban J connectivity index is 1.81. The summed E-state index contributed by atoms with van der Waals surface area (Å²) in [5, 5.41) is 3.42. The Morgan fingerprint density at radius 2 is 2.00 bits per heavy atom. The molecule has 1 N–H and O–H groups in total. The fourth-order valence-electron chi connectivity index (χ4n) is 3.14. The number of pyridine rings is 1. The van der Waals surface area contributed by atoms with E-state index in [1.165, 1.54) is 36.0 Å². The van der Waals surface area contributed by atoms with E-state index in [1.54, 1.807) is 11.1 Å². The molecule has 2 aromatic rings. The molecule has 0 saturated heterocycles. The van der Waals surface area contributed by atoms with Gasteiger partial charge in [0.1, 0.15) is 0 Å². The summed E-state index contributed by atoms with van der Waals surface area (Å²) in [6, 6.07) is 9.57. The van der Waals surface area contributed by atoms with Crippen LogP contribution in [0.2, 0.25) is 0 Å². The third kappa shape index (κ3) is 2.75. The second kappa shape index (κ2) is 5.76. The number of fused-ring (bicyclic) bond motifs is 1. The highest BCUT2D eigenvalue weighted by atomic mass is 14.9. The number of benzene rings is 1. The summed E-state index contributed by atoms with van der Waals surface area (Å²) in [5.41, 5.74) is 7.02. The average molecular weight is 266 g/mol. The van der Waals surface area contributed by atoms with Crippen LogP contribution in [-0.4, -0.2) is 12.0 Å². The first-order valence-corrected chi connectivity index (χ1v) is 7.46. The van der Waals surface area contributed by atoms with Crippen molar-refractivity contribution in [3.05, 3.63) is 64.5 Å². The average Bonchev–Trinajstić information content (AvgIpc) is 2.92. The van der Waals surface area contributed by atoms with Crippen molar-refractivity contribution >= 4 is 0 Å². The monoisotopic (exact) mass is 266 g/mol. The van der Waals surface area contributed by atoms with Gasteiger partial charge in [0, 0.05) is 18.4 Å². The van der Waals surface area contributed by atoms with Gasteiger partial charge in [-0.15, -0.1) is 0 Å². The van der Waals surface area contributed by atoms with Crippen molar-refractivity contribution in [2.75, 3.05) is 7.05 Å². The second-order valence-corrected chi connectivity index (χ2v) is 5.80. The molecule has 3 rings (SSSR count). The maximum Gasteiger partial charge on any atom is 0.0373 e. The van der Waals surface area contributed by atoms with Crippen LogP contribution in [0.4, 0.5) is 0 Å². The number of aromatic nitrogens is 1. The zero-order valence-corrected chi connectivity index (χ0v) is 12.3. The molecule has 1 aromatic carbocycles. The highest BCUT2D eigenvalue weighted by Crippen LogP contribution is 2.25. The third-order valence-corrected chi connectivity index (χ3v) is 4.25. The van der Waals surface area contributed by atoms with Gasteiger partial charge in [-0.2, -0.15) is 0 Å². The molecule has 0 spiro atoms. The van der Waals surface area contributed by atoms with Gasteiger partial charge in [0.2, 0.25) is 0 Å². The van der Waals surface area contributed by atoms with E-state index in [0.717, 1.165) is 6.42 Å². The molecule has 1 heterocycles. The molecule has 0 fully saturated rings. The van der Waals surface area contributed by atoms with E-state index in [4.69, 9.17) is 0 Å². The van der Waals surface area contributed by atoms with Crippen LogP contribution < -0.4 is 5.32 Å². The summed E-state index contributed by atoms with van der Waals surface area (Å²) in [6.07, 6.45) is 8.73. The zero-order chi connectivity index (χ0) is 13.9. The first kappa shape index (κ1) is 13.3. The molecule has 1 unspecified atom stereocenters. The van der Waals surface area contributed by atoms with Gasteiger partial charge in [-0.05, 0) is 67.5 Å². The lowest BCUT2D eigenvalue weighted by molar-refractivity contribution is 0.589. The summed E-state index contributed by atoms with van der Waals surface area (Å²) >= 11 is 0. The fourth-order valence-corrected chi connectivity index (χ4v) is 3.14. The summed E-state index contributed by atoms with van der Waals surface area (Å²) in [4.78, 5) is 4.31. The van der Waals surface area contributed by atoms with E-state index >= 15 is 0 Å². The standard InChI is InChI=1S/C18H22N2/c1-13-8-17(12-20-11-13)18(19-2)10-14-6-7-15-4-3-5-16(15)9-14/h6-9,11-12,18-19H,3-5,10H2,1-2H3. The van der Waals surface area contributed by atoms with Crippen LogP contribution in [0.5, 0.6) is 0 Å². The summed E-state index contributed by atoms with van der Waals surface area (Å²) in [5.74, 6) is 0. The number of hydrogen-bond donors (Lipinski definition) is 1. The molecule has 104 valence electrons. The van der Waals surface area contributed by atoms with E-state index in [2.05, 4.69) is 41.5 Å². The van der Waals surface area contributed by atoms with Crippen LogP contribution in [0.3, 0.4) is 0 Å². The van der Waals surface area contributed by atoms with Crippen molar-refractivity contribution in [3.8, 4) is 0 Å². The molecule has 20 heavy (non-hydrogen) atoms. The highest BCUT2D eigenvalue weighted by molar-refractivity contribution is 5.36. The van der Waals surface area contributed by atoms with Crippen molar-refractivity contribution in [3.63, 3.8) is 0 Å². The Morgan fingerprint density at radius 3 is 2.80 bits per heavy atom. The van der Waals surface area contributed by atoms with Gasteiger partial charge in [-0.1, -0.05) is 24.3 Å². The Morgan fingerprint density at radius 1 is 1.15 bits per heavy atom. The lowest BCUT2D eigenvalue weighted by Gasteiger charge is -2.17. The van der Waals surface area contributed by atoms with Crippen LogP contribution in [0, 0.1) is 6.92 Å². The first-order valence-electron chi connectivity index (χ1n) is 7.46. The maximum absolute atomic E-state index is 4.31. The predicted molar refractivity (Wildman–Crippen MR) is 82.9 cm³/mol. The van der Waals surface area contributed by atoms with Crippen LogP contribution in [0.1, 0.15) is 40.3 Å². The topological polar surface area (TPSA) is 24.9 Å². The van der Waals surface area contributed by atoms with E-state index in [0.29, 0.717) is 6.04 Å². The van der Waals surface area contributed by atoms with Gasteiger partial charge in [0.05, 0.1) is 0 Å². The molecular weight excluding hydrogens is 244 g/mol. The van der Waals surface area contributed by atoms with Crippen LogP contribution >= 0.6 is 0 Å². The predicted octanol–water partition coefficient (Wildman–Crippen LogP) is 3.38. The minimum absolute atomic E-state index is 0.335.